The minimum atomic E-state index is -0.195. The number of allylic oxidation sites excluding steroid dienone is 1. The third-order valence-electron chi connectivity index (χ3n) is 2.99. The Kier molecular flexibility index (Phi) is 8.34. The second kappa shape index (κ2) is 9.73. The van der Waals surface area contributed by atoms with Gasteiger partial charge in [0.05, 0.1) is 11.6 Å². The first-order chi connectivity index (χ1) is 11.2. The Morgan fingerprint density at radius 1 is 1.33 bits per heavy atom. The molecular formula is C17H21Cl2N3OS. The van der Waals surface area contributed by atoms with E-state index in [0.29, 0.717) is 32.9 Å². The second-order valence-corrected chi connectivity index (χ2v) is 6.88. The molecule has 0 bridgehead atoms. The number of ether oxygens (including phenoxy) is 1. The molecule has 0 spiro atoms. The van der Waals surface area contributed by atoms with Crippen LogP contribution in [0.25, 0.3) is 0 Å². The van der Waals surface area contributed by atoms with E-state index in [4.69, 9.17) is 40.2 Å². The van der Waals surface area contributed by atoms with Crippen LogP contribution in [-0.2, 0) is 0 Å². The first-order valence-electron chi connectivity index (χ1n) is 7.52. The Balaban J connectivity index is 2.64. The first kappa shape index (κ1) is 20.6. The SMILES string of the molecule is C/C(NC(C)C)=C(/C#N)C(=S)NCC(C)Oc1ccc(Cl)cc1Cl. The van der Waals surface area contributed by atoms with E-state index < -0.39 is 0 Å². The smallest absolute Gasteiger partial charge is 0.138 e. The molecule has 0 radical (unpaired) electrons. The number of rotatable bonds is 7. The van der Waals surface area contributed by atoms with Crippen molar-refractivity contribution in [2.45, 2.75) is 39.8 Å². The quantitative estimate of drug-likeness (QED) is 0.411. The maximum Gasteiger partial charge on any atom is 0.138 e. The van der Waals surface area contributed by atoms with Gasteiger partial charge in [0.2, 0.25) is 0 Å². The molecule has 130 valence electrons. The Hall–Kier alpha value is -1.48. The van der Waals surface area contributed by atoms with Crippen molar-refractivity contribution in [3.63, 3.8) is 0 Å². The summed E-state index contributed by atoms with van der Waals surface area (Å²) in [4.78, 5) is 0.390. The van der Waals surface area contributed by atoms with E-state index in [1.807, 2.05) is 27.7 Å². The van der Waals surface area contributed by atoms with Gasteiger partial charge in [-0.3, -0.25) is 0 Å². The zero-order valence-electron chi connectivity index (χ0n) is 14.1. The van der Waals surface area contributed by atoms with Gasteiger partial charge in [0, 0.05) is 16.8 Å². The molecule has 0 aliphatic carbocycles. The molecule has 4 nitrogen and oxygen atoms in total. The summed E-state index contributed by atoms with van der Waals surface area (Å²) in [6, 6.07) is 7.42. The predicted octanol–water partition coefficient (Wildman–Crippen LogP) is 4.47. The van der Waals surface area contributed by atoms with Gasteiger partial charge in [-0.25, -0.2) is 0 Å². The monoisotopic (exact) mass is 385 g/mol. The summed E-state index contributed by atoms with van der Waals surface area (Å²) in [6.07, 6.45) is -0.195. The molecule has 1 aromatic rings. The van der Waals surface area contributed by atoms with E-state index in [1.165, 1.54) is 0 Å². The summed E-state index contributed by atoms with van der Waals surface area (Å²) in [5.74, 6) is 0.551. The van der Waals surface area contributed by atoms with Crippen molar-refractivity contribution in [2.24, 2.45) is 0 Å². The molecule has 1 atom stereocenters. The van der Waals surface area contributed by atoms with Crippen molar-refractivity contribution >= 4 is 40.4 Å². The summed E-state index contributed by atoms with van der Waals surface area (Å²) < 4.78 is 5.76. The lowest BCUT2D eigenvalue weighted by Crippen LogP contribution is -2.34. The zero-order valence-corrected chi connectivity index (χ0v) is 16.4. The number of hydrogen-bond acceptors (Lipinski definition) is 4. The van der Waals surface area contributed by atoms with Crippen molar-refractivity contribution in [1.29, 1.82) is 5.26 Å². The predicted molar refractivity (Wildman–Crippen MR) is 104 cm³/mol. The number of halogens is 2. The van der Waals surface area contributed by atoms with Gasteiger partial charge in [0.25, 0.3) is 0 Å². The molecule has 1 unspecified atom stereocenters. The summed E-state index contributed by atoms with van der Waals surface area (Å²) in [6.45, 7) is 8.16. The molecule has 0 heterocycles. The highest BCUT2D eigenvalue weighted by Gasteiger charge is 2.12. The van der Waals surface area contributed by atoms with E-state index in [2.05, 4.69) is 16.7 Å². The molecule has 1 rings (SSSR count). The average Bonchev–Trinajstić information content (AvgIpc) is 2.48. The molecular weight excluding hydrogens is 365 g/mol. The molecule has 24 heavy (non-hydrogen) atoms. The topological polar surface area (TPSA) is 57.1 Å². The van der Waals surface area contributed by atoms with Gasteiger partial charge in [-0.15, -0.1) is 0 Å². The highest BCUT2D eigenvalue weighted by molar-refractivity contribution is 7.80. The molecule has 0 saturated heterocycles. The van der Waals surface area contributed by atoms with Crippen LogP contribution >= 0.6 is 35.4 Å². The van der Waals surface area contributed by atoms with Gasteiger partial charge in [0.1, 0.15) is 28.5 Å². The van der Waals surface area contributed by atoms with E-state index in [1.54, 1.807) is 18.2 Å². The van der Waals surface area contributed by atoms with Crippen LogP contribution in [-0.4, -0.2) is 23.7 Å². The van der Waals surface area contributed by atoms with Gasteiger partial charge in [0.15, 0.2) is 0 Å². The Bertz CT molecular complexity index is 668. The van der Waals surface area contributed by atoms with E-state index in [-0.39, 0.29) is 12.1 Å². The van der Waals surface area contributed by atoms with Crippen LogP contribution in [0.15, 0.2) is 29.5 Å². The van der Waals surface area contributed by atoms with Crippen molar-refractivity contribution < 1.29 is 4.74 Å². The van der Waals surface area contributed by atoms with Crippen molar-refractivity contribution in [1.82, 2.24) is 10.6 Å². The standard InChI is InChI=1S/C17H21Cl2N3OS/c1-10(2)22-12(4)14(8-20)17(24)21-9-11(3)23-16-6-5-13(18)7-15(16)19/h5-7,10-11,22H,9H2,1-4H3,(H,21,24)/b14-12+. The van der Waals surface area contributed by atoms with Crippen molar-refractivity contribution in [3.05, 3.63) is 39.5 Å². The highest BCUT2D eigenvalue weighted by atomic mass is 35.5. The van der Waals surface area contributed by atoms with Gasteiger partial charge in [-0.05, 0) is 45.9 Å². The fourth-order valence-electron chi connectivity index (χ4n) is 1.96. The summed E-state index contributed by atoms with van der Waals surface area (Å²) >= 11 is 17.2. The second-order valence-electron chi connectivity index (χ2n) is 5.62. The van der Waals surface area contributed by atoms with Crippen LogP contribution < -0.4 is 15.4 Å². The van der Waals surface area contributed by atoms with Gasteiger partial charge in [-0.2, -0.15) is 5.26 Å². The third-order valence-corrected chi connectivity index (χ3v) is 3.87. The highest BCUT2D eigenvalue weighted by Crippen LogP contribution is 2.28. The third kappa shape index (κ3) is 6.56. The molecule has 0 saturated carbocycles. The lowest BCUT2D eigenvalue weighted by Gasteiger charge is -2.18. The Labute approximate surface area is 158 Å². The average molecular weight is 386 g/mol. The fraction of sp³-hybridized carbons (Fsp3) is 0.412. The number of thiocarbonyl (C=S) groups is 1. The molecule has 0 aliphatic rings. The molecule has 2 N–H and O–H groups in total. The molecule has 7 heteroatoms. The summed E-state index contributed by atoms with van der Waals surface area (Å²) in [7, 11) is 0. The van der Waals surface area contributed by atoms with Crippen molar-refractivity contribution in [2.75, 3.05) is 6.54 Å². The van der Waals surface area contributed by atoms with Gasteiger partial charge in [-0.1, -0.05) is 35.4 Å². The number of benzene rings is 1. The molecule has 0 aromatic heterocycles. The normalized spacial score (nSPS) is 12.9. The molecule has 0 aliphatic heterocycles. The maximum absolute atomic E-state index is 9.31. The van der Waals surface area contributed by atoms with E-state index in [0.717, 1.165) is 5.70 Å². The lowest BCUT2D eigenvalue weighted by atomic mass is 10.2. The minimum Gasteiger partial charge on any atom is -0.487 e. The van der Waals surface area contributed by atoms with Crippen molar-refractivity contribution in [3.8, 4) is 11.8 Å². The minimum absolute atomic E-state index is 0.195. The number of nitriles is 1. The lowest BCUT2D eigenvalue weighted by molar-refractivity contribution is 0.224. The van der Waals surface area contributed by atoms with Gasteiger partial charge < -0.3 is 15.4 Å². The largest absolute Gasteiger partial charge is 0.487 e. The van der Waals surface area contributed by atoms with Crippen LogP contribution in [0.3, 0.4) is 0 Å². The van der Waals surface area contributed by atoms with Crippen LogP contribution in [0, 0.1) is 11.3 Å². The molecule has 1 aromatic carbocycles. The van der Waals surface area contributed by atoms with E-state index in [9.17, 15) is 5.26 Å². The summed E-state index contributed by atoms with van der Waals surface area (Å²) in [5, 5.41) is 16.5. The van der Waals surface area contributed by atoms with Crippen LogP contribution in [0.2, 0.25) is 10.0 Å². The first-order valence-corrected chi connectivity index (χ1v) is 8.68. The van der Waals surface area contributed by atoms with E-state index >= 15 is 0 Å². The van der Waals surface area contributed by atoms with Crippen LogP contribution in [0.1, 0.15) is 27.7 Å². The number of hydrogen-bond donors (Lipinski definition) is 2. The summed E-state index contributed by atoms with van der Waals surface area (Å²) in [5.41, 5.74) is 1.18. The number of nitrogens with zero attached hydrogens (tertiary/aromatic N) is 1. The number of nitrogens with one attached hydrogen (secondary N) is 2. The zero-order chi connectivity index (χ0) is 18.3. The Morgan fingerprint density at radius 3 is 2.54 bits per heavy atom. The maximum atomic E-state index is 9.31. The van der Waals surface area contributed by atoms with Crippen LogP contribution in [0.5, 0.6) is 5.75 Å². The Morgan fingerprint density at radius 2 is 2.00 bits per heavy atom. The fourth-order valence-corrected chi connectivity index (χ4v) is 2.70. The molecule has 0 fully saturated rings. The molecule has 0 amide bonds. The van der Waals surface area contributed by atoms with Crippen LogP contribution in [0.4, 0.5) is 0 Å². The van der Waals surface area contributed by atoms with Gasteiger partial charge >= 0.3 is 0 Å².